The Morgan fingerprint density at radius 1 is 1.44 bits per heavy atom. The Bertz CT molecular complexity index is 268. The van der Waals surface area contributed by atoms with Crippen molar-refractivity contribution in [1.82, 2.24) is 14.9 Å². The van der Waals surface area contributed by atoms with Gasteiger partial charge in [-0.15, -0.1) is 0 Å². The number of aryl methyl sites for hydroxylation is 1. The number of ether oxygens (including phenoxy) is 1. The predicted octanol–water partition coefficient (Wildman–Crippen LogP) is 1.29. The summed E-state index contributed by atoms with van der Waals surface area (Å²) in [5.74, 6) is 0.744. The van der Waals surface area contributed by atoms with Crippen molar-refractivity contribution < 1.29 is 4.74 Å². The molecular formula is C12H21N3O. The first-order valence-corrected chi connectivity index (χ1v) is 6.19. The van der Waals surface area contributed by atoms with E-state index in [1.165, 1.54) is 19.3 Å². The standard InChI is InChI=1S/C12H21N3O/c1(2-6-15-7-5-14-11-15)4-13-9-12-3-8-16-10-12/h5,7,11-13H,1-4,6,8-10H2. The number of nitrogens with zero attached hydrogens (tertiary/aromatic N) is 2. The second-order valence-corrected chi connectivity index (χ2v) is 4.44. The molecule has 1 N–H and O–H groups in total. The van der Waals surface area contributed by atoms with Crippen LogP contribution in [0.1, 0.15) is 19.3 Å². The van der Waals surface area contributed by atoms with Gasteiger partial charge in [0.15, 0.2) is 0 Å². The molecule has 90 valence electrons. The van der Waals surface area contributed by atoms with E-state index in [0.29, 0.717) is 0 Å². The van der Waals surface area contributed by atoms with Crippen LogP contribution in [0.3, 0.4) is 0 Å². The van der Waals surface area contributed by atoms with Gasteiger partial charge in [-0.1, -0.05) is 0 Å². The zero-order valence-electron chi connectivity index (χ0n) is 9.77. The van der Waals surface area contributed by atoms with Gasteiger partial charge in [-0.2, -0.15) is 0 Å². The van der Waals surface area contributed by atoms with Crippen molar-refractivity contribution in [1.29, 1.82) is 0 Å². The molecule has 1 aliphatic heterocycles. The summed E-state index contributed by atoms with van der Waals surface area (Å²) in [5, 5.41) is 3.50. The molecule has 4 nitrogen and oxygen atoms in total. The summed E-state index contributed by atoms with van der Waals surface area (Å²) in [6.07, 6.45) is 9.39. The first-order valence-electron chi connectivity index (χ1n) is 6.19. The van der Waals surface area contributed by atoms with Crippen molar-refractivity contribution >= 4 is 0 Å². The van der Waals surface area contributed by atoms with Crippen LogP contribution in [0, 0.1) is 5.92 Å². The maximum atomic E-state index is 5.33. The number of imidazole rings is 1. The molecule has 1 aromatic rings. The smallest absolute Gasteiger partial charge is 0.0945 e. The van der Waals surface area contributed by atoms with E-state index in [9.17, 15) is 0 Å². The second kappa shape index (κ2) is 6.66. The SMILES string of the molecule is c1cn(CCCCNCC2CCOC2)cn1. The summed E-state index contributed by atoms with van der Waals surface area (Å²) in [4.78, 5) is 4.02. The third-order valence-electron chi connectivity index (χ3n) is 3.04. The summed E-state index contributed by atoms with van der Waals surface area (Å²) >= 11 is 0. The van der Waals surface area contributed by atoms with E-state index in [4.69, 9.17) is 4.74 Å². The maximum absolute atomic E-state index is 5.33. The third-order valence-corrected chi connectivity index (χ3v) is 3.04. The molecular weight excluding hydrogens is 202 g/mol. The highest BCUT2D eigenvalue weighted by atomic mass is 16.5. The van der Waals surface area contributed by atoms with E-state index in [2.05, 4.69) is 14.9 Å². The fourth-order valence-corrected chi connectivity index (χ4v) is 2.01. The second-order valence-electron chi connectivity index (χ2n) is 4.44. The fraction of sp³-hybridized carbons (Fsp3) is 0.750. The highest BCUT2D eigenvalue weighted by Crippen LogP contribution is 2.10. The zero-order chi connectivity index (χ0) is 11.1. The van der Waals surface area contributed by atoms with Crippen molar-refractivity contribution in [2.24, 2.45) is 5.92 Å². The lowest BCUT2D eigenvalue weighted by molar-refractivity contribution is 0.185. The Morgan fingerprint density at radius 3 is 3.19 bits per heavy atom. The summed E-state index contributed by atoms with van der Waals surface area (Å²) in [7, 11) is 0. The monoisotopic (exact) mass is 223 g/mol. The van der Waals surface area contributed by atoms with Gasteiger partial charge >= 0.3 is 0 Å². The minimum Gasteiger partial charge on any atom is -0.381 e. The quantitative estimate of drug-likeness (QED) is 0.708. The minimum atomic E-state index is 0.744. The van der Waals surface area contributed by atoms with Crippen LogP contribution in [0.4, 0.5) is 0 Å². The topological polar surface area (TPSA) is 39.1 Å². The molecule has 4 heteroatoms. The average molecular weight is 223 g/mol. The van der Waals surface area contributed by atoms with Crippen LogP contribution in [0.15, 0.2) is 18.7 Å². The fourth-order valence-electron chi connectivity index (χ4n) is 2.01. The Morgan fingerprint density at radius 2 is 2.44 bits per heavy atom. The van der Waals surface area contributed by atoms with Gasteiger partial charge in [0.1, 0.15) is 0 Å². The summed E-state index contributed by atoms with van der Waals surface area (Å²) in [5.41, 5.74) is 0. The van der Waals surface area contributed by atoms with E-state index in [-0.39, 0.29) is 0 Å². The van der Waals surface area contributed by atoms with Crippen LogP contribution < -0.4 is 5.32 Å². The number of rotatable bonds is 7. The first-order chi connectivity index (χ1) is 7.95. The van der Waals surface area contributed by atoms with Crippen LogP contribution in [0.2, 0.25) is 0 Å². The molecule has 0 bridgehead atoms. The van der Waals surface area contributed by atoms with Gasteiger partial charge in [-0.3, -0.25) is 0 Å². The lowest BCUT2D eigenvalue weighted by atomic mass is 10.1. The molecule has 0 aliphatic carbocycles. The van der Waals surface area contributed by atoms with E-state index in [1.807, 2.05) is 18.7 Å². The minimum absolute atomic E-state index is 0.744. The largest absolute Gasteiger partial charge is 0.381 e. The van der Waals surface area contributed by atoms with Gasteiger partial charge in [0.25, 0.3) is 0 Å². The molecule has 1 aromatic heterocycles. The Labute approximate surface area is 97.0 Å². The molecule has 1 aliphatic rings. The molecule has 0 radical (unpaired) electrons. The maximum Gasteiger partial charge on any atom is 0.0945 e. The Hall–Kier alpha value is -0.870. The van der Waals surface area contributed by atoms with E-state index in [0.717, 1.165) is 38.8 Å². The molecule has 2 heterocycles. The molecule has 1 atom stereocenters. The molecule has 2 rings (SSSR count). The van der Waals surface area contributed by atoms with E-state index in [1.54, 1.807) is 0 Å². The summed E-state index contributed by atoms with van der Waals surface area (Å²) in [6.45, 7) is 5.21. The highest BCUT2D eigenvalue weighted by Gasteiger charge is 2.14. The van der Waals surface area contributed by atoms with Crippen molar-refractivity contribution in [2.45, 2.75) is 25.8 Å². The summed E-state index contributed by atoms with van der Waals surface area (Å²) < 4.78 is 7.46. The molecule has 0 spiro atoms. The Kier molecular flexibility index (Phi) is 4.83. The average Bonchev–Trinajstić information content (AvgIpc) is 2.96. The summed E-state index contributed by atoms with van der Waals surface area (Å²) in [6, 6.07) is 0. The van der Waals surface area contributed by atoms with Crippen LogP contribution in [0.5, 0.6) is 0 Å². The normalized spacial score (nSPS) is 20.4. The highest BCUT2D eigenvalue weighted by molar-refractivity contribution is 4.73. The van der Waals surface area contributed by atoms with E-state index >= 15 is 0 Å². The van der Waals surface area contributed by atoms with Crippen LogP contribution in [0.25, 0.3) is 0 Å². The van der Waals surface area contributed by atoms with Crippen molar-refractivity contribution in [3.8, 4) is 0 Å². The number of aromatic nitrogens is 2. The number of hydrogen-bond donors (Lipinski definition) is 1. The van der Waals surface area contributed by atoms with E-state index < -0.39 is 0 Å². The van der Waals surface area contributed by atoms with Crippen LogP contribution in [-0.4, -0.2) is 35.9 Å². The predicted molar refractivity (Wildman–Crippen MR) is 63.3 cm³/mol. The molecule has 0 amide bonds. The molecule has 0 aromatic carbocycles. The molecule has 16 heavy (non-hydrogen) atoms. The lowest BCUT2D eigenvalue weighted by Gasteiger charge is -2.09. The van der Waals surface area contributed by atoms with Gasteiger partial charge in [0, 0.05) is 32.1 Å². The zero-order valence-corrected chi connectivity index (χ0v) is 9.77. The Balaban J connectivity index is 1.43. The molecule has 0 saturated carbocycles. The van der Waals surface area contributed by atoms with Gasteiger partial charge in [0.2, 0.25) is 0 Å². The molecule has 1 saturated heterocycles. The number of unbranched alkanes of at least 4 members (excludes halogenated alkanes) is 1. The number of hydrogen-bond acceptors (Lipinski definition) is 3. The van der Waals surface area contributed by atoms with Gasteiger partial charge in [-0.05, 0) is 31.7 Å². The van der Waals surface area contributed by atoms with Crippen molar-refractivity contribution in [2.75, 3.05) is 26.3 Å². The van der Waals surface area contributed by atoms with Gasteiger partial charge in [0.05, 0.1) is 12.9 Å². The first kappa shape index (κ1) is 11.6. The number of nitrogens with one attached hydrogen (secondary N) is 1. The van der Waals surface area contributed by atoms with Crippen LogP contribution >= 0.6 is 0 Å². The molecule has 1 unspecified atom stereocenters. The third kappa shape index (κ3) is 3.94. The van der Waals surface area contributed by atoms with Gasteiger partial charge in [-0.25, -0.2) is 4.98 Å². The molecule has 1 fully saturated rings. The van der Waals surface area contributed by atoms with Crippen LogP contribution in [-0.2, 0) is 11.3 Å². The van der Waals surface area contributed by atoms with Gasteiger partial charge < -0.3 is 14.6 Å². The van der Waals surface area contributed by atoms with Crippen molar-refractivity contribution in [3.63, 3.8) is 0 Å². The van der Waals surface area contributed by atoms with Crippen molar-refractivity contribution in [3.05, 3.63) is 18.7 Å². The lowest BCUT2D eigenvalue weighted by Crippen LogP contribution is -2.24.